The molecule has 4 heteroatoms. The van der Waals surface area contributed by atoms with Gasteiger partial charge in [0.25, 0.3) is 0 Å². The third-order valence-electron chi connectivity index (χ3n) is 14.0. The smallest absolute Gasteiger partial charge is 0.0629 e. The van der Waals surface area contributed by atoms with Crippen LogP contribution in [-0.4, -0.2) is 23.2 Å². The maximum atomic E-state index is 2.60. The van der Waals surface area contributed by atoms with E-state index in [0.717, 1.165) is 24.9 Å². The predicted octanol–water partition coefficient (Wildman–Crippen LogP) is 15.5. The normalized spacial score (nSPS) is 18.4. The van der Waals surface area contributed by atoms with Crippen LogP contribution < -0.4 is 14.7 Å². The van der Waals surface area contributed by atoms with E-state index in [1.54, 1.807) is 0 Å². The first-order valence-electron chi connectivity index (χ1n) is 23.7. The monoisotopic (exact) mass is 856 g/mol. The molecule has 1 aromatic heterocycles. The summed E-state index contributed by atoms with van der Waals surface area (Å²) in [6, 6.07) is 53.9. The summed E-state index contributed by atoms with van der Waals surface area (Å²) in [4.78, 5) is 7.60. The van der Waals surface area contributed by atoms with Crippen molar-refractivity contribution < 1.29 is 0 Å². The highest BCUT2D eigenvalue weighted by molar-refractivity contribution is 5.91. The first-order valence-corrected chi connectivity index (χ1v) is 23.7. The highest BCUT2D eigenvalue weighted by atomic mass is 15.2. The lowest BCUT2D eigenvalue weighted by Gasteiger charge is -2.37. The molecular formula is C62H56N4. The Bertz CT molecular complexity index is 3110. The van der Waals surface area contributed by atoms with Crippen LogP contribution in [0.1, 0.15) is 59.2 Å². The molecule has 0 N–H and O–H groups in total. The number of para-hydroxylation sites is 3. The number of rotatable bonds is 11. The lowest BCUT2D eigenvalue weighted by atomic mass is 9.91. The highest BCUT2D eigenvalue weighted by Crippen LogP contribution is 2.49. The standard InChI is InChI=1S/C62H56N4/c1-4-46(47-21-6-5-7-22-47)23-18-42-63(48-32-34-50(35-33-48)65-59-29-15-10-24-53(59)54-25-11-16-30-60(54)65)52-40-41-56-55-26-12-17-31-61(55)66(62(56)43-52)51-38-36-49(37-39-51)64(57-27-13-8-19-44(57)2)58-28-14-9-20-45(58)3/h4-10,12-24,26-36,38-41,43,49,55,61H,11,25,37,42H2,1-3H3/b23-18-,46-4+/t49-,55?,61-/m1/s1. The molecule has 0 radical (unpaired) electrons. The minimum Gasteiger partial charge on any atom is -0.338 e. The molecule has 4 aliphatic rings. The van der Waals surface area contributed by atoms with Crippen molar-refractivity contribution in [2.45, 2.75) is 58.0 Å². The van der Waals surface area contributed by atoms with Gasteiger partial charge in [0.05, 0.1) is 17.6 Å². The molecule has 2 heterocycles. The van der Waals surface area contributed by atoms with E-state index >= 15 is 0 Å². The first kappa shape index (κ1) is 41.2. The maximum absolute atomic E-state index is 2.60. The Labute approximate surface area is 390 Å². The third kappa shape index (κ3) is 7.47. The van der Waals surface area contributed by atoms with Crippen molar-refractivity contribution in [3.8, 4) is 5.69 Å². The number of nitrogens with zero attached hydrogens (tertiary/aromatic N) is 4. The summed E-state index contributed by atoms with van der Waals surface area (Å²) >= 11 is 0. The second kappa shape index (κ2) is 17.8. The van der Waals surface area contributed by atoms with Gasteiger partial charge >= 0.3 is 0 Å². The number of aryl methyl sites for hydroxylation is 3. The topological polar surface area (TPSA) is 14.7 Å². The van der Waals surface area contributed by atoms with Crippen LogP contribution >= 0.6 is 0 Å². The summed E-state index contributed by atoms with van der Waals surface area (Å²) in [7, 11) is 0. The lowest BCUT2D eigenvalue weighted by molar-refractivity contribution is 0.713. The molecular weight excluding hydrogens is 801 g/mol. The zero-order chi connectivity index (χ0) is 44.6. The molecule has 1 aliphatic heterocycles. The number of hydrogen-bond donors (Lipinski definition) is 0. The van der Waals surface area contributed by atoms with Crippen molar-refractivity contribution in [3.05, 3.63) is 252 Å². The van der Waals surface area contributed by atoms with E-state index in [4.69, 9.17) is 0 Å². The largest absolute Gasteiger partial charge is 0.338 e. The van der Waals surface area contributed by atoms with Crippen molar-refractivity contribution in [3.63, 3.8) is 0 Å². The summed E-state index contributed by atoms with van der Waals surface area (Å²) in [5.74, 6) is 0.272. The number of aromatic nitrogens is 1. The Balaban J connectivity index is 0.963. The van der Waals surface area contributed by atoms with Gasteiger partial charge in [-0.25, -0.2) is 0 Å². The predicted molar refractivity (Wildman–Crippen MR) is 281 cm³/mol. The minimum absolute atomic E-state index is 0.177. The van der Waals surface area contributed by atoms with Gasteiger partial charge in [-0.2, -0.15) is 0 Å². The van der Waals surface area contributed by atoms with Gasteiger partial charge in [0.2, 0.25) is 0 Å². The van der Waals surface area contributed by atoms with Crippen LogP contribution in [0, 0.1) is 13.8 Å². The van der Waals surface area contributed by atoms with E-state index in [0.29, 0.717) is 6.54 Å². The van der Waals surface area contributed by atoms with Gasteiger partial charge in [0.15, 0.2) is 0 Å². The molecule has 4 nitrogen and oxygen atoms in total. The van der Waals surface area contributed by atoms with Gasteiger partial charge < -0.3 is 19.3 Å². The summed E-state index contributed by atoms with van der Waals surface area (Å²) < 4.78 is 2.44. The Kier molecular flexibility index (Phi) is 11.1. The van der Waals surface area contributed by atoms with Crippen molar-refractivity contribution in [2.24, 2.45) is 0 Å². The van der Waals surface area contributed by atoms with Gasteiger partial charge in [-0.3, -0.25) is 0 Å². The molecule has 11 rings (SSSR count). The van der Waals surface area contributed by atoms with Crippen LogP contribution in [0.25, 0.3) is 28.2 Å². The maximum Gasteiger partial charge on any atom is 0.0629 e. The van der Waals surface area contributed by atoms with E-state index in [9.17, 15) is 0 Å². The van der Waals surface area contributed by atoms with Gasteiger partial charge in [0, 0.05) is 63.4 Å². The Morgan fingerprint density at radius 1 is 0.712 bits per heavy atom. The van der Waals surface area contributed by atoms with Crippen LogP contribution in [0.15, 0.2) is 218 Å². The van der Waals surface area contributed by atoms with Gasteiger partial charge in [-0.1, -0.05) is 152 Å². The zero-order valence-corrected chi connectivity index (χ0v) is 38.1. The van der Waals surface area contributed by atoms with Crippen molar-refractivity contribution in [2.75, 3.05) is 21.2 Å². The molecule has 0 saturated carbocycles. The molecule has 0 saturated heterocycles. The van der Waals surface area contributed by atoms with Crippen LogP contribution in [0.2, 0.25) is 0 Å². The fourth-order valence-electron chi connectivity index (χ4n) is 10.8. The second-order valence-electron chi connectivity index (χ2n) is 17.9. The molecule has 0 amide bonds. The van der Waals surface area contributed by atoms with Gasteiger partial charge in [0.1, 0.15) is 0 Å². The number of hydrogen-bond acceptors (Lipinski definition) is 3. The van der Waals surface area contributed by atoms with E-state index in [1.807, 2.05) is 0 Å². The van der Waals surface area contributed by atoms with Crippen LogP contribution in [0.4, 0.5) is 28.4 Å². The Morgan fingerprint density at radius 2 is 1.42 bits per heavy atom. The molecule has 1 unspecified atom stereocenters. The first-order chi connectivity index (χ1) is 32.6. The van der Waals surface area contributed by atoms with Crippen LogP contribution in [0.3, 0.4) is 0 Å². The number of anilines is 5. The van der Waals surface area contributed by atoms with Crippen LogP contribution in [-0.2, 0) is 6.42 Å². The Hall–Kier alpha value is -7.56. The van der Waals surface area contributed by atoms with Crippen molar-refractivity contribution in [1.29, 1.82) is 0 Å². The highest BCUT2D eigenvalue weighted by Gasteiger charge is 2.39. The number of benzene rings is 6. The molecule has 324 valence electrons. The van der Waals surface area contributed by atoms with E-state index in [-0.39, 0.29) is 18.0 Å². The van der Waals surface area contributed by atoms with Crippen LogP contribution in [0.5, 0.6) is 0 Å². The number of allylic oxidation sites excluding steroid dienone is 7. The van der Waals surface area contributed by atoms with Gasteiger partial charge in [-0.15, -0.1) is 0 Å². The summed E-state index contributed by atoms with van der Waals surface area (Å²) in [6.45, 7) is 7.27. The quantitative estimate of drug-likeness (QED) is 0.120. The molecule has 7 aromatic rings. The SMILES string of the molecule is C/C=C(\C=C/CN(c1ccc(-n2c3c(c4ccccc42)CCC=C3)cc1)c1ccc2c(c1)N(C1=CC[C@H](N(c3ccccc3C)c3ccccc3C)C=C1)[C@@H]1C=CC=CC21)c1ccccc1. The lowest BCUT2D eigenvalue weighted by Crippen LogP contribution is -2.35. The zero-order valence-electron chi connectivity index (χ0n) is 38.1. The average molecular weight is 857 g/mol. The third-order valence-corrected chi connectivity index (χ3v) is 14.0. The Morgan fingerprint density at radius 3 is 2.17 bits per heavy atom. The minimum atomic E-state index is 0.177. The molecule has 0 bridgehead atoms. The molecule has 3 aliphatic carbocycles. The van der Waals surface area contributed by atoms with Gasteiger partial charge in [-0.05, 0) is 140 Å². The molecule has 0 fully saturated rings. The van der Waals surface area contributed by atoms with E-state index in [2.05, 4.69) is 259 Å². The molecule has 6 aromatic carbocycles. The van der Waals surface area contributed by atoms with Crippen molar-refractivity contribution in [1.82, 2.24) is 4.57 Å². The fourth-order valence-corrected chi connectivity index (χ4v) is 10.8. The molecule has 3 atom stereocenters. The summed E-state index contributed by atoms with van der Waals surface area (Å²) in [5.41, 5.74) is 18.9. The summed E-state index contributed by atoms with van der Waals surface area (Å²) in [5, 5.41) is 1.35. The van der Waals surface area contributed by atoms with Crippen molar-refractivity contribution >= 4 is 51.0 Å². The summed E-state index contributed by atoms with van der Waals surface area (Å²) in [6.07, 6.45) is 31.0. The van der Waals surface area contributed by atoms with E-state index < -0.39 is 0 Å². The average Bonchev–Trinajstić information content (AvgIpc) is 3.88. The number of fused-ring (bicyclic) bond motifs is 6. The second-order valence-corrected chi connectivity index (χ2v) is 17.9. The molecule has 0 spiro atoms. The molecule has 66 heavy (non-hydrogen) atoms. The fraction of sp³-hybridized carbons (Fsp3) is 0.161. The van der Waals surface area contributed by atoms with E-state index in [1.165, 1.54) is 84.1 Å².